The van der Waals surface area contributed by atoms with E-state index in [1.807, 2.05) is 6.92 Å². The van der Waals surface area contributed by atoms with E-state index >= 15 is 0 Å². The van der Waals surface area contributed by atoms with Crippen LogP contribution in [0.4, 0.5) is 0 Å². The van der Waals surface area contributed by atoms with Gasteiger partial charge in [-0.1, -0.05) is 67.6 Å². The van der Waals surface area contributed by atoms with E-state index in [1.54, 1.807) is 0 Å². The molecule has 0 spiro atoms. The predicted molar refractivity (Wildman–Crippen MR) is 110 cm³/mol. The molecule has 3 rings (SSSR count). The molecule has 3 heterocycles. The van der Waals surface area contributed by atoms with Gasteiger partial charge in [0.2, 0.25) is 5.91 Å². The molecule has 0 N–H and O–H groups in total. The summed E-state index contributed by atoms with van der Waals surface area (Å²) in [5, 5.41) is 0.125. The maximum absolute atomic E-state index is 12.8. The van der Waals surface area contributed by atoms with Crippen LogP contribution in [-0.2, 0) is 10.2 Å². The number of carbonyl (C=O) groups is 1. The van der Waals surface area contributed by atoms with Gasteiger partial charge >= 0.3 is 0 Å². The van der Waals surface area contributed by atoms with Gasteiger partial charge in [-0.15, -0.1) is 0 Å². The first-order valence-electron chi connectivity index (χ1n) is 9.57. The highest BCUT2D eigenvalue weighted by Crippen LogP contribution is 2.50. The summed E-state index contributed by atoms with van der Waals surface area (Å²) >= 11 is 0. The second-order valence-corrected chi connectivity index (χ2v) is 15.4. The van der Waals surface area contributed by atoms with Gasteiger partial charge < -0.3 is 8.97 Å². The van der Waals surface area contributed by atoms with Crippen molar-refractivity contribution in [3.8, 4) is 0 Å². The van der Waals surface area contributed by atoms with Crippen LogP contribution in [0.15, 0.2) is 24.5 Å². The van der Waals surface area contributed by atoms with Crippen LogP contribution in [0.5, 0.6) is 0 Å². The molecule has 2 aromatic rings. The van der Waals surface area contributed by atoms with Crippen molar-refractivity contribution in [1.29, 1.82) is 0 Å². The van der Waals surface area contributed by atoms with Gasteiger partial charge in [-0.25, -0.2) is 4.98 Å². The van der Waals surface area contributed by atoms with E-state index in [1.165, 1.54) is 5.56 Å². The van der Waals surface area contributed by atoms with Gasteiger partial charge in [0, 0.05) is 12.4 Å². The molecule has 0 aromatic carbocycles. The number of pyridine rings is 1. The number of amides is 1. The van der Waals surface area contributed by atoms with Gasteiger partial charge in [0.05, 0.1) is 17.7 Å². The smallest absolute Gasteiger partial charge is 0.220 e. The summed E-state index contributed by atoms with van der Waals surface area (Å²) in [4.78, 5) is 17.6. The molecule has 0 radical (unpaired) electrons. The Kier molecular flexibility index (Phi) is 4.19. The Balaban J connectivity index is 2.03. The molecule has 2 aromatic heterocycles. The van der Waals surface area contributed by atoms with E-state index in [4.69, 9.17) is 4.98 Å². The molecule has 0 saturated carbocycles. The number of hydrogen-bond acceptors (Lipinski definition) is 2. The zero-order chi connectivity index (χ0) is 19.7. The number of β-lactam (4-membered cyclic amide) rings is 1. The molecular formula is C21H33N3OSi. The summed E-state index contributed by atoms with van der Waals surface area (Å²) in [6.07, 6.45) is 4.30. The Labute approximate surface area is 158 Å². The van der Waals surface area contributed by atoms with Crippen molar-refractivity contribution in [2.75, 3.05) is 0 Å². The van der Waals surface area contributed by atoms with Crippen LogP contribution in [-0.4, -0.2) is 28.1 Å². The molecule has 1 saturated heterocycles. The molecule has 0 aliphatic carbocycles. The number of hydrogen-bond donors (Lipinski definition) is 0. The Hall–Kier alpha value is -1.62. The van der Waals surface area contributed by atoms with E-state index in [9.17, 15) is 4.79 Å². The molecule has 26 heavy (non-hydrogen) atoms. The van der Waals surface area contributed by atoms with E-state index in [0.717, 1.165) is 11.3 Å². The van der Waals surface area contributed by atoms with Crippen molar-refractivity contribution < 1.29 is 4.79 Å². The third-order valence-corrected chi connectivity index (χ3v) is 11.8. The SMILES string of the molecule is C[C@H]1C(=O)N([Si](C)(C)C(C)(C)C)[C@@H]1c1cn2cc(C(C)(C)C)ccc2n1. The first-order valence-corrected chi connectivity index (χ1v) is 12.5. The Morgan fingerprint density at radius 1 is 1.04 bits per heavy atom. The van der Waals surface area contributed by atoms with Crippen molar-refractivity contribution in [2.24, 2.45) is 5.92 Å². The largest absolute Gasteiger partial charge is 0.360 e. The quantitative estimate of drug-likeness (QED) is 0.540. The van der Waals surface area contributed by atoms with Crippen LogP contribution < -0.4 is 0 Å². The van der Waals surface area contributed by atoms with E-state index in [2.05, 4.69) is 88.1 Å². The van der Waals surface area contributed by atoms with Gasteiger partial charge in [0.15, 0.2) is 8.24 Å². The highest BCUT2D eigenvalue weighted by molar-refractivity contribution is 6.80. The van der Waals surface area contributed by atoms with Crippen molar-refractivity contribution >= 4 is 19.8 Å². The number of nitrogens with zero attached hydrogens (tertiary/aromatic N) is 3. The average Bonchev–Trinajstić information content (AvgIpc) is 2.91. The van der Waals surface area contributed by atoms with Crippen LogP contribution in [0.25, 0.3) is 5.65 Å². The van der Waals surface area contributed by atoms with E-state index in [0.29, 0.717) is 0 Å². The number of aromatic nitrogens is 2. The molecule has 1 fully saturated rings. The van der Waals surface area contributed by atoms with Gasteiger partial charge in [-0.05, 0) is 22.1 Å². The van der Waals surface area contributed by atoms with Crippen LogP contribution in [0.3, 0.4) is 0 Å². The molecule has 4 nitrogen and oxygen atoms in total. The van der Waals surface area contributed by atoms with Crippen LogP contribution in [0.2, 0.25) is 18.1 Å². The maximum atomic E-state index is 12.8. The fraction of sp³-hybridized carbons (Fsp3) is 0.619. The highest BCUT2D eigenvalue weighted by atomic mass is 28.3. The number of fused-ring (bicyclic) bond motifs is 1. The molecule has 1 aliphatic rings. The molecular weight excluding hydrogens is 338 g/mol. The zero-order valence-corrected chi connectivity index (χ0v) is 18.7. The number of carbonyl (C=O) groups excluding carboxylic acids is 1. The lowest BCUT2D eigenvalue weighted by atomic mass is 9.88. The van der Waals surface area contributed by atoms with Crippen LogP contribution >= 0.6 is 0 Å². The molecule has 5 heteroatoms. The molecule has 142 valence electrons. The first-order chi connectivity index (χ1) is 11.7. The lowest BCUT2D eigenvalue weighted by Gasteiger charge is -2.57. The minimum Gasteiger partial charge on any atom is -0.360 e. The minimum atomic E-state index is -1.93. The molecule has 1 aliphatic heterocycles. The second-order valence-electron chi connectivity index (χ2n) is 10.3. The second kappa shape index (κ2) is 5.68. The number of rotatable bonds is 2. The normalized spacial score (nSPS) is 22.0. The topological polar surface area (TPSA) is 37.6 Å². The molecule has 1 amide bonds. The van der Waals surface area contributed by atoms with E-state index < -0.39 is 8.24 Å². The molecule has 0 bridgehead atoms. The zero-order valence-electron chi connectivity index (χ0n) is 17.7. The summed E-state index contributed by atoms with van der Waals surface area (Å²) < 4.78 is 4.30. The Morgan fingerprint density at radius 3 is 2.19 bits per heavy atom. The molecule has 2 atom stereocenters. The Bertz CT molecular complexity index is 854. The summed E-state index contributed by atoms with van der Waals surface area (Å²) in [5.74, 6) is 0.296. The fourth-order valence-electron chi connectivity index (χ4n) is 3.60. The number of imidazole rings is 1. The summed E-state index contributed by atoms with van der Waals surface area (Å²) in [5.41, 5.74) is 3.36. The third kappa shape index (κ3) is 2.81. The van der Waals surface area contributed by atoms with Crippen molar-refractivity contribution in [3.63, 3.8) is 0 Å². The lowest BCUT2D eigenvalue weighted by molar-refractivity contribution is -0.147. The van der Waals surface area contributed by atoms with Gasteiger partial charge in [0.1, 0.15) is 5.65 Å². The maximum Gasteiger partial charge on any atom is 0.220 e. The molecule has 0 unspecified atom stereocenters. The van der Waals surface area contributed by atoms with Gasteiger partial charge in [0.25, 0.3) is 0 Å². The monoisotopic (exact) mass is 371 g/mol. The van der Waals surface area contributed by atoms with Gasteiger partial charge in [-0.3, -0.25) is 4.79 Å². The van der Waals surface area contributed by atoms with Crippen LogP contribution in [0.1, 0.15) is 65.8 Å². The standard InChI is InChI=1S/C21H33N3OSi/c1-14-18(24(19(14)25)26(8,9)21(5,6)7)16-13-23-12-15(20(2,3)4)10-11-17(23)22-16/h10-14,18H,1-9H3/t14-,18+/m1/s1. The average molecular weight is 372 g/mol. The van der Waals surface area contributed by atoms with Crippen LogP contribution in [0, 0.1) is 5.92 Å². The highest BCUT2D eigenvalue weighted by Gasteiger charge is 2.56. The summed E-state index contributed by atoms with van der Waals surface area (Å²) in [6.45, 7) is 20.1. The first kappa shape index (κ1) is 19.1. The lowest BCUT2D eigenvalue weighted by Crippen LogP contribution is -2.68. The predicted octanol–water partition coefficient (Wildman–Crippen LogP) is 5.16. The van der Waals surface area contributed by atoms with Crippen molar-refractivity contribution in [2.45, 2.75) is 78.1 Å². The Morgan fingerprint density at radius 2 is 1.65 bits per heavy atom. The van der Waals surface area contributed by atoms with Crippen molar-refractivity contribution in [1.82, 2.24) is 14.0 Å². The summed E-state index contributed by atoms with van der Waals surface area (Å²) in [6, 6.07) is 4.35. The summed E-state index contributed by atoms with van der Waals surface area (Å²) in [7, 11) is -1.93. The fourth-order valence-corrected chi connectivity index (χ4v) is 6.13. The van der Waals surface area contributed by atoms with Crippen molar-refractivity contribution in [3.05, 3.63) is 35.8 Å². The van der Waals surface area contributed by atoms with E-state index in [-0.39, 0.29) is 28.3 Å². The van der Waals surface area contributed by atoms with Gasteiger partial charge in [-0.2, -0.15) is 0 Å². The third-order valence-electron chi connectivity index (χ3n) is 6.46. The minimum absolute atomic E-state index is 0.0103.